The fourth-order valence-electron chi connectivity index (χ4n) is 2.66. The number of rotatable bonds is 7. The third-order valence-electron chi connectivity index (χ3n) is 3.83. The van der Waals surface area contributed by atoms with Gasteiger partial charge in [-0.3, -0.25) is 0 Å². The Morgan fingerprint density at radius 1 is 1.30 bits per heavy atom. The van der Waals surface area contributed by atoms with E-state index in [0.717, 1.165) is 35.8 Å². The molecule has 0 atom stereocenters. The van der Waals surface area contributed by atoms with Crippen molar-refractivity contribution in [2.45, 2.75) is 46.1 Å². The van der Waals surface area contributed by atoms with Gasteiger partial charge in [-0.1, -0.05) is 32.8 Å². The highest BCUT2D eigenvalue weighted by Gasteiger charge is 2.16. The first-order valence-corrected chi connectivity index (χ1v) is 8.56. The van der Waals surface area contributed by atoms with E-state index in [2.05, 4.69) is 53.3 Å². The molecule has 112 valence electrons. The van der Waals surface area contributed by atoms with Gasteiger partial charge in [0.1, 0.15) is 5.75 Å². The van der Waals surface area contributed by atoms with Crippen LogP contribution in [0.4, 0.5) is 0 Å². The molecule has 0 heterocycles. The number of ether oxygens (including phenoxy) is 1. The molecule has 1 aromatic carbocycles. The average Bonchev–Trinajstić information content (AvgIpc) is 2.90. The summed E-state index contributed by atoms with van der Waals surface area (Å²) in [5.74, 6) is 2.42. The van der Waals surface area contributed by atoms with Gasteiger partial charge in [-0.15, -0.1) is 0 Å². The predicted molar refractivity (Wildman–Crippen MR) is 88.1 cm³/mol. The van der Waals surface area contributed by atoms with Crippen LogP contribution < -0.4 is 10.1 Å². The highest BCUT2D eigenvalue weighted by Crippen LogP contribution is 2.29. The minimum atomic E-state index is 0.687. The van der Waals surface area contributed by atoms with Crippen LogP contribution in [-0.4, -0.2) is 13.2 Å². The zero-order chi connectivity index (χ0) is 14.4. The highest BCUT2D eigenvalue weighted by atomic mass is 79.9. The molecule has 0 aromatic heterocycles. The zero-order valence-electron chi connectivity index (χ0n) is 12.6. The second-order valence-electron chi connectivity index (χ2n) is 6.25. The van der Waals surface area contributed by atoms with Crippen molar-refractivity contribution in [2.24, 2.45) is 11.8 Å². The van der Waals surface area contributed by atoms with E-state index in [9.17, 15) is 0 Å². The van der Waals surface area contributed by atoms with Crippen molar-refractivity contribution in [3.63, 3.8) is 0 Å². The lowest BCUT2D eigenvalue weighted by Gasteiger charge is -2.14. The lowest BCUT2D eigenvalue weighted by molar-refractivity contribution is 0.250. The number of halogens is 1. The maximum Gasteiger partial charge on any atom is 0.133 e. The van der Waals surface area contributed by atoms with E-state index in [1.165, 1.54) is 31.2 Å². The smallest absolute Gasteiger partial charge is 0.133 e. The van der Waals surface area contributed by atoms with Gasteiger partial charge in [0.25, 0.3) is 0 Å². The summed E-state index contributed by atoms with van der Waals surface area (Å²) in [6, 6.07) is 6.41. The summed E-state index contributed by atoms with van der Waals surface area (Å²) in [5, 5.41) is 3.46. The molecule has 0 bridgehead atoms. The normalized spacial score (nSPS) is 16.0. The lowest BCUT2D eigenvalue weighted by atomic mass is 10.1. The van der Waals surface area contributed by atoms with Crippen molar-refractivity contribution in [3.8, 4) is 5.75 Å². The van der Waals surface area contributed by atoms with Gasteiger partial charge in [0.15, 0.2) is 0 Å². The first-order chi connectivity index (χ1) is 9.65. The fourth-order valence-corrected chi connectivity index (χ4v) is 3.20. The maximum absolute atomic E-state index is 5.95. The van der Waals surface area contributed by atoms with Crippen LogP contribution in [0.15, 0.2) is 22.7 Å². The number of hydrogen-bond donors (Lipinski definition) is 1. The summed E-state index contributed by atoms with van der Waals surface area (Å²) in [6.45, 7) is 7.28. The molecule has 0 saturated heterocycles. The van der Waals surface area contributed by atoms with Crippen LogP contribution in [0.2, 0.25) is 0 Å². The number of benzene rings is 1. The molecule has 0 aliphatic heterocycles. The van der Waals surface area contributed by atoms with E-state index >= 15 is 0 Å². The van der Waals surface area contributed by atoms with Crippen molar-refractivity contribution >= 4 is 15.9 Å². The summed E-state index contributed by atoms with van der Waals surface area (Å²) < 4.78 is 7.02. The molecule has 1 aromatic rings. The Hall–Kier alpha value is -0.540. The van der Waals surface area contributed by atoms with Crippen LogP contribution in [0, 0.1) is 11.8 Å². The number of hydrogen-bond acceptors (Lipinski definition) is 2. The summed E-state index contributed by atoms with van der Waals surface area (Å²) in [6.07, 6.45) is 5.40. The largest absolute Gasteiger partial charge is 0.492 e. The summed E-state index contributed by atoms with van der Waals surface area (Å²) >= 11 is 3.62. The second kappa shape index (κ2) is 8.04. The standard InChI is InChI=1S/C17H26BrNO/c1-13(2)10-19-11-15-7-8-17(16(18)9-15)20-12-14-5-3-4-6-14/h7-9,13-14,19H,3-6,10-12H2,1-2H3. The van der Waals surface area contributed by atoms with Crippen LogP contribution in [-0.2, 0) is 6.54 Å². The third-order valence-corrected chi connectivity index (χ3v) is 4.45. The van der Waals surface area contributed by atoms with Crippen LogP contribution in [0.5, 0.6) is 5.75 Å². The van der Waals surface area contributed by atoms with E-state index in [1.807, 2.05) is 0 Å². The molecule has 0 radical (unpaired) electrons. The molecule has 1 aliphatic rings. The average molecular weight is 340 g/mol. The third kappa shape index (κ3) is 5.10. The minimum absolute atomic E-state index is 0.687. The Labute approximate surface area is 131 Å². The van der Waals surface area contributed by atoms with E-state index < -0.39 is 0 Å². The monoisotopic (exact) mass is 339 g/mol. The predicted octanol–water partition coefficient (Wildman–Crippen LogP) is 4.76. The molecule has 0 unspecified atom stereocenters. The van der Waals surface area contributed by atoms with Crippen LogP contribution >= 0.6 is 15.9 Å². The Morgan fingerprint density at radius 3 is 2.70 bits per heavy atom. The highest BCUT2D eigenvalue weighted by molar-refractivity contribution is 9.10. The maximum atomic E-state index is 5.95. The Morgan fingerprint density at radius 2 is 2.05 bits per heavy atom. The molecule has 1 N–H and O–H groups in total. The number of nitrogens with one attached hydrogen (secondary N) is 1. The summed E-state index contributed by atoms with van der Waals surface area (Å²) in [4.78, 5) is 0. The van der Waals surface area contributed by atoms with Crippen LogP contribution in [0.25, 0.3) is 0 Å². The molecule has 3 heteroatoms. The molecule has 2 rings (SSSR count). The van der Waals surface area contributed by atoms with Gasteiger partial charge in [0.2, 0.25) is 0 Å². The Balaban J connectivity index is 1.81. The van der Waals surface area contributed by atoms with Gasteiger partial charge in [0.05, 0.1) is 11.1 Å². The van der Waals surface area contributed by atoms with Crippen molar-refractivity contribution in [1.29, 1.82) is 0 Å². The minimum Gasteiger partial charge on any atom is -0.492 e. The Kier molecular flexibility index (Phi) is 6.37. The van der Waals surface area contributed by atoms with Gasteiger partial charge in [-0.05, 0) is 64.8 Å². The fraction of sp³-hybridized carbons (Fsp3) is 0.647. The molecular formula is C17H26BrNO. The molecule has 1 aliphatic carbocycles. The molecule has 2 nitrogen and oxygen atoms in total. The Bertz CT molecular complexity index is 413. The topological polar surface area (TPSA) is 21.3 Å². The van der Waals surface area contributed by atoms with E-state index in [1.54, 1.807) is 0 Å². The molecular weight excluding hydrogens is 314 g/mol. The molecule has 1 fully saturated rings. The van der Waals surface area contributed by atoms with Gasteiger partial charge < -0.3 is 10.1 Å². The van der Waals surface area contributed by atoms with Crippen LogP contribution in [0.3, 0.4) is 0 Å². The van der Waals surface area contributed by atoms with Crippen LogP contribution in [0.1, 0.15) is 45.1 Å². The van der Waals surface area contributed by atoms with Gasteiger partial charge in [-0.2, -0.15) is 0 Å². The first-order valence-electron chi connectivity index (χ1n) is 7.77. The second-order valence-corrected chi connectivity index (χ2v) is 7.11. The van der Waals surface area contributed by atoms with Crippen molar-refractivity contribution in [2.75, 3.05) is 13.2 Å². The van der Waals surface area contributed by atoms with Gasteiger partial charge >= 0.3 is 0 Å². The molecule has 0 amide bonds. The zero-order valence-corrected chi connectivity index (χ0v) is 14.2. The van der Waals surface area contributed by atoms with E-state index in [0.29, 0.717) is 5.92 Å². The summed E-state index contributed by atoms with van der Waals surface area (Å²) in [7, 11) is 0. The van der Waals surface area contributed by atoms with Crippen molar-refractivity contribution in [3.05, 3.63) is 28.2 Å². The quantitative estimate of drug-likeness (QED) is 0.772. The van der Waals surface area contributed by atoms with Crippen molar-refractivity contribution < 1.29 is 4.74 Å². The van der Waals surface area contributed by atoms with E-state index in [-0.39, 0.29) is 0 Å². The SMILES string of the molecule is CC(C)CNCc1ccc(OCC2CCCC2)c(Br)c1. The lowest BCUT2D eigenvalue weighted by Crippen LogP contribution is -2.18. The van der Waals surface area contributed by atoms with E-state index in [4.69, 9.17) is 4.74 Å². The molecule has 0 spiro atoms. The molecule has 20 heavy (non-hydrogen) atoms. The van der Waals surface area contributed by atoms with Gasteiger partial charge in [-0.25, -0.2) is 0 Å². The summed E-state index contributed by atoms with van der Waals surface area (Å²) in [5.41, 5.74) is 1.30. The van der Waals surface area contributed by atoms with Gasteiger partial charge in [0, 0.05) is 6.54 Å². The van der Waals surface area contributed by atoms with Crippen molar-refractivity contribution in [1.82, 2.24) is 5.32 Å². The molecule has 1 saturated carbocycles. The first kappa shape index (κ1) is 15.8.